The van der Waals surface area contributed by atoms with E-state index in [0.717, 1.165) is 33.7 Å². The van der Waals surface area contributed by atoms with Gasteiger partial charge in [-0.2, -0.15) is 11.8 Å². The molecule has 0 aromatic heterocycles. The van der Waals surface area contributed by atoms with Crippen LogP contribution in [0.3, 0.4) is 0 Å². The Morgan fingerprint density at radius 2 is 2.39 bits per heavy atom. The van der Waals surface area contributed by atoms with E-state index in [9.17, 15) is 5.11 Å². The molecule has 1 aliphatic rings. The van der Waals surface area contributed by atoms with Crippen LogP contribution in [0.15, 0.2) is 22.7 Å². The van der Waals surface area contributed by atoms with Crippen molar-refractivity contribution in [2.75, 3.05) is 25.2 Å². The van der Waals surface area contributed by atoms with Crippen LogP contribution in [-0.4, -0.2) is 35.9 Å². The number of methoxy groups -OCH3 is 1. The van der Waals surface area contributed by atoms with E-state index in [4.69, 9.17) is 4.74 Å². The van der Waals surface area contributed by atoms with Crippen LogP contribution in [0.2, 0.25) is 0 Å². The molecule has 5 heteroatoms. The second-order valence-electron chi connectivity index (χ2n) is 4.59. The summed E-state index contributed by atoms with van der Waals surface area (Å²) in [6, 6.07) is 5.99. The van der Waals surface area contributed by atoms with Gasteiger partial charge < -0.3 is 15.2 Å². The Morgan fingerprint density at radius 1 is 1.56 bits per heavy atom. The minimum atomic E-state index is -0.534. The second kappa shape index (κ2) is 6.28. The minimum Gasteiger partial charge on any atom is -0.496 e. The van der Waals surface area contributed by atoms with E-state index < -0.39 is 5.60 Å². The van der Waals surface area contributed by atoms with Gasteiger partial charge in [-0.1, -0.05) is 22.0 Å². The number of benzene rings is 1. The zero-order valence-electron chi connectivity index (χ0n) is 10.4. The van der Waals surface area contributed by atoms with Crippen LogP contribution in [0.4, 0.5) is 0 Å². The maximum absolute atomic E-state index is 10.2. The van der Waals surface area contributed by atoms with Crippen molar-refractivity contribution < 1.29 is 9.84 Å². The lowest BCUT2D eigenvalue weighted by atomic mass is 10.0. The summed E-state index contributed by atoms with van der Waals surface area (Å²) in [6.07, 6.45) is 0.877. The number of rotatable bonds is 5. The average Bonchev–Trinajstić information content (AvgIpc) is 2.78. The number of nitrogens with one attached hydrogen (secondary N) is 1. The van der Waals surface area contributed by atoms with Crippen molar-refractivity contribution in [2.24, 2.45) is 0 Å². The molecule has 0 spiro atoms. The highest BCUT2D eigenvalue weighted by Crippen LogP contribution is 2.27. The first-order chi connectivity index (χ1) is 8.63. The maximum atomic E-state index is 10.2. The van der Waals surface area contributed by atoms with E-state index in [1.54, 1.807) is 7.11 Å². The predicted octanol–water partition coefficient (Wildman–Crippen LogP) is 2.42. The number of hydrogen-bond acceptors (Lipinski definition) is 4. The molecule has 1 aliphatic heterocycles. The van der Waals surface area contributed by atoms with E-state index >= 15 is 0 Å². The molecule has 2 N–H and O–H groups in total. The highest BCUT2D eigenvalue weighted by Gasteiger charge is 2.31. The Kier molecular flexibility index (Phi) is 4.95. The Labute approximate surface area is 120 Å². The van der Waals surface area contributed by atoms with E-state index in [1.807, 2.05) is 30.0 Å². The molecule has 0 bridgehead atoms. The van der Waals surface area contributed by atoms with Gasteiger partial charge in [-0.05, 0) is 24.3 Å². The fraction of sp³-hybridized carbons (Fsp3) is 0.538. The molecule has 0 amide bonds. The average molecular weight is 332 g/mol. The fourth-order valence-electron chi connectivity index (χ4n) is 2.03. The normalized spacial score (nSPS) is 23.3. The Morgan fingerprint density at radius 3 is 3.06 bits per heavy atom. The van der Waals surface area contributed by atoms with Gasteiger partial charge in [0, 0.05) is 28.9 Å². The summed E-state index contributed by atoms with van der Waals surface area (Å²) in [7, 11) is 1.67. The zero-order chi connectivity index (χ0) is 13.0. The first-order valence-corrected chi connectivity index (χ1v) is 7.91. The van der Waals surface area contributed by atoms with Gasteiger partial charge in [0.15, 0.2) is 0 Å². The molecule has 1 fully saturated rings. The molecule has 1 aromatic carbocycles. The Balaban J connectivity index is 1.90. The van der Waals surface area contributed by atoms with Gasteiger partial charge >= 0.3 is 0 Å². The standard InChI is InChI=1S/C13H18BrNO2S/c1-17-12-6-11(14)3-2-10(12)7-15-8-13(16)4-5-18-9-13/h2-3,6,15-16H,4-5,7-9H2,1H3/t13-/m0/s1. The van der Waals surface area contributed by atoms with Gasteiger partial charge in [0.05, 0.1) is 12.7 Å². The summed E-state index contributed by atoms with van der Waals surface area (Å²) in [5, 5.41) is 13.5. The quantitative estimate of drug-likeness (QED) is 0.869. The van der Waals surface area contributed by atoms with E-state index in [0.29, 0.717) is 13.1 Å². The number of hydrogen-bond donors (Lipinski definition) is 2. The molecule has 1 atom stereocenters. The highest BCUT2D eigenvalue weighted by atomic mass is 79.9. The lowest BCUT2D eigenvalue weighted by molar-refractivity contribution is 0.0674. The molecule has 0 saturated carbocycles. The third-order valence-electron chi connectivity index (χ3n) is 3.10. The molecule has 1 heterocycles. The second-order valence-corrected chi connectivity index (χ2v) is 6.61. The maximum Gasteiger partial charge on any atom is 0.124 e. The molecule has 0 unspecified atom stereocenters. The zero-order valence-corrected chi connectivity index (χ0v) is 12.8. The monoisotopic (exact) mass is 331 g/mol. The number of halogens is 1. The fourth-order valence-corrected chi connectivity index (χ4v) is 3.67. The Hall–Kier alpha value is -0.230. The SMILES string of the molecule is COc1cc(Br)ccc1CNC[C@@]1(O)CCSC1. The summed E-state index contributed by atoms with van der Waals surface area (Å²) in [4.78, 5) is 0. The van der Waals surface area contributed by atoms with Crippen molar-refractivity contribution >= 4 is 27.7 Å². The van der Waals surface area contributed by atoms with Crippen LogP contribution in [-0.2, 0) is 6.54 Å². The van der Waals surface area contributed by atoms with Crippen LogP contribution in [0.1, 0.15) is 12.0 Å². The number of ether oxygens (including phenoxy) is 1. The largest absolute Gasteiger partial charge is 0.496 e. The molecule has 0 radical (unpaired) electrons. The molecule has 18 heavy (non-hydrogen) atoms. The van der Waals surface area contributed by atoms with Crippen LogP contribution in [0.5, 0.6) is 5.75 Å². The van der Waals surface area contributed by atoms with Crippen molar-refractivity contribution in [2.45, 2.75) is 18.6 Å². The molecular formula is C13H18BrNO2S. The van der Waals surface area contributed by atoms with Crippen LogP contribution < -0.4 is 10.1 Å². The topological polar surface area (TPSA) is 41.5 Å². The lowest BCUT2D eigenvalue weighted by Gasteiger charge is -2.22. The van der Waals surface area contributed by atoms with Crippen molar-refractivity contribution in [1.29, 1.82) is 0 Å². The lowest BCUT2D eigenvalue weighted by Crippen LogP contribution is -2.40. The van der Waals surface area contributed by atoms with Gasteiger partial charge in [0.25, 0.3) is 0 Å². The summed E-state index contributed by atoms with van der Waals surface area (Å²) >= 11 is 5.24. The van der Waals surface area contributed by atoms with Gasteiger partial charge in [-0.3, -0.25) is 0 Å². The molecule has 3 nitrogen and oxygen atoms in total. The van der Waals surface area contributed by atoms with Crippen molar-refractivity contribution in [3.05, 3.63) is 28.2 Å². The van der Waals surface area contributed by atoms with Crippen LogP contribution in [0.25, 0.3) is 0 Å². The van der Waals surface area contributed by atoms with Gasteiger partial charge in [0.1, 0.15) is 5.75 Å². The molecule has 1 aromatic rings. The molecule has 0 aliphatic carbocycles. The van der Waals surface area contributed by atoms with Crippen molar-refractivity contribution in [3.8, 4) is 5.75 Å². The first kappa shape index (κ1) is 14.2. The van der Waals surface area contributed by atoms with E-state index in [-0.39, 0.29) is 0 Å². The minimum absolute atomic E-state index is 0.534. The summed E-state index contributed by atoms with van der Waals surface area (Å²) in [6.45, 7) is 1.35. The molecule has 100 valence electrons. The molecular weight excluding hydrogens is 314 g/mol. The van der Waals surface area contributed by atoms with Crippen LogP contribution >= 0.6 is 27.7 Å². The van der Waals surface area contributed by atoms with E-state index in [1.165, 1.54) is 0 Å². The van der Waals surface area contributed by atoms with Gasteiger partial charge in [-0.15, -0.1) is 0 Å². The van der Waals surface area contributed by atoms with Crippen LogP contribution in [0, 0.1) is 0 Å². The number of thioether (sulfide) groups is 1. The number of aliphatic hydroxyl groups is 1. The van der Waals surface area contributed by atoms with Crippen molar-refractivity contribution in [1.82, 2.24) is 5.32 Å². The molecule has 2 rings (SSSR count). The molecule has 1 saturated heterocycles. The predicted molar refractivity (Wildman–Crippen MR) is 79.3 cm³/mol. The van der Waals surface area contributed by atoms with Gasteiger partial charge in [0.2, 0.25) is 0 Å². The summed E-state index contributed by atoms with van der Waals surface area (Å²) < 4.78 is 6.35. The highest BCUT2D eigenvalue weighted by molar-refractivity contribution is 9.10. The Bertz CT molecular complexity index is 408. The smallest absolute Gasteiger partial charge is 0.124 e. The van der Waals surface area contributed by atoms with Gasteiger partial charge in [-0.25, -0.2) is 0 Å². The summed E-state index contributed by atoms with van der Waals surface area (Å²) in [5.41, 5.74) is 0.572. The third-order valence-corrected chi connectivity index (χ3v) is 4.83. The first-order valence-electron chi connectivity index (χ1n) is 5.96. The van der Waals surface area contributed by atoms with Crippen molar-refractivity contribution in [3.63, 3.8) is 0 Å². The van der Waals surface area contributed by atoms with E-state index in [2.05, 4.69) is 21.2 Å². The summed E-state index contributed by atoms with van der Waals surface area (Å²) in [5.74, 6) is 2.75. The third kappa shape index (κ3) is 3.63.